The molecule has 5 heteroatoms. The lowest BCUT2D eigenvalue weighted by Crippen LogP contribution is -2.45. The Bertz CT molecular complexity index is 978. The van der Waals surface area contributed by atoms with Crippen molar-refractivity contribution in [2.75, 3.05) is 13.2 Å². The number of nitrogens with one attached hydrogen (secondary N) is 1. The summed E-state index contributed by atoms with van der Waals surface area (Å²) in [5, 5.41) is 14.2. The second-order valence-electron chi connectivity index (χ2n) is 10.9. The van der Waals surface area contributed by atoms with Gasteiger partial charge in [-0.25, -0.2) is 4.39 Å². The first-order valence-corrected chi connectivity index (χ1v) is 13.0. The fourth-order valence-electron chi connectivity index (χ4n) is 5.28. The van der Waals surface area contributed by atoms with Crippen LogP contribution in [0.2, 0.25) is 0 Å². The molecule has 2 N–H and O–H groups in total. The van der Waals surface area contributed by atoms with Gasteiger partial charge in [0, 0.05) is 18.5 Å². The molecule has 4 nitrogen and oxygen atoms in total. The molecule has 2 unspecified atom stereocenters. The van der Waals surface area contributed by atoms with Gasteiger partial charge in [-0.2, -0.15) is 0 Å². The summed E-state index contributed by atoms with van der Waals surface area (Å²) < 4.78 is 20.5. The summed E-state index contributed by atoms with van der Waals surface area (Å²) in [5.41, 5.74) is 5.11. The van der Waals surface area contributed by atoms with Crippen molar-refractivity contribution in [3.63, 3.8) is 0 Å². The summed E-state index contributed by atoms with van der Waals surface area (Å²) in [4.78, 5) is 11.5. The summed E-state index contributed by atoms with van der Waals surface area (Å²) in [6, 6.07) is 12.0. The molecule has 0 bridgehead atoms. The minimum Gasteiger partial charge on any atom is -0.389 e. The van der Waals surface area contributed by atoms with E-state index in [0.717, 1.165) is 30.4 Å². The molecule has 1 aliphatic carbocycles. The molecule has 0 aromatic heterocycles. The maximum Gasteiger partial charge on any atom is 0.130 e. The molecule has 0 saturated carbocycles. The van der Waals surface area contributed by atoms with Crippen LogP contribution in [0.5, 0.6) is 0 Å². The Morgan fingerprint density at radius 3 is 2.49 bits per heavy atom. The summed E-state index contributed by atoms with van der Waals surface area (Å²) in [6.07, 6.45) is 3.91. The van der Waals surface area contributed by atoms with E-state index in [9.17, 15) is 14.3 Å². The van der Waals surface area contributed by atoms with Gasteiger partial charge < -0.3 is 20.0 Å². The second-order valence-corrected chi connectivity index (χ2v) is 10.9. The van der Waals surface area contributed by atoms with Crippen LogP contribution in [0.25, 0.3) is 0 Å². The standard InChI is InChI=1S/C30H42FNO3/c1-6-29(27-16-28(31)20(2)13-25(27)12-11-21(3)33)35-19-26(34)18-32-30(4,5)17-22-14-23-9-7-8-10-24(23)15-22/h7-10,13,16,22,26,29,32,34H,6,11-12,14-15,17-19H2,1-5H3. The summed E-state index contributed by atoms with van der Waals surface area (Å²) >= 11 is 0. The van der Waals surface area contributed by atoms with Gasteiger partial charge in [0.1, 0.15) is 11.6 Å². The first-order valence-electron chi connectivity index (χ1n) is 13.0. The largest absolute Gasteiger partial charge is 0.389 e. The van der Waals surface area contributed by atoms with E-state index in [4.69, 9.17) is 4.74 Å². The first-order chi connectivity index (χ1) is 16.6. The third kappa shape index (κ3) is 7.96. The molecule has 1 aliphatic rings. The second kappa shape index (κ2) is 12.2. The van der Waals surface area contributed by atoms with Crippen molar-refractivity contribution in [1.29, 1.82) is 0 Å². The molecule has 0 spiro atoms. The van der Waals surface area contributed by atoms with E-state index in [2.05, 4.69) is 43.4 Å². The van der Waals surface area contributed by atoms with Gasteiger partial charge in [-0.15, -0.1) is 0 Å². The van der Waals surface area contributed by atoms with E-state index in [1.54, 1.807) is 13.8 Å². The van der Waals surface area contributed by atoms with E-state index in [-0.39, 0.29) is 29.9 Å². The zero-order chi connectivity index (χ0) is 25.6. The van der Waals surface area contributed by atoms with Crippen LogP contribution in [0.3, 0.4) is 0 Å². The molecule has 3 rings (SSSR count). The van der Waals surface area contributed by atoms with Gasteiger partial charge in [0.15, 0.2) is 0 Å². The third-order valence-corrected chi connectivity index (χ3v) is 7.13. The highest BCUT2D eigenvalue weighted by Gasteiger charge is 2.28. The number of aliphatic hydroxyl groups is 1. The fourth-order valence-corrected chi connectivity index (χ4v) is 5.28. The minimum atomic E-state index is -0.667. The maximum atomic E-state index is 14.4. The predicted octanol–water partition coefficient (Wildman–Crippen LogP) is 5.66. The van der Waals surface area contributed by atoms with Crippen molar-refractivity contribution in [3.05, 3.63) is 70.0 Å². The van der Waals surface area contributed by atoms with E-state index in [1.807, 2.05) is 13.0 Å². The number of ether oxygens (including phenoxy) is 1. The van der Waals surface area contributed by atoms with Crippen LogP contribution in [0.4, 0.5) is 4.39 Å². The molecule has 2 aromatic carbocycles. The van der Waals surface area contributed by atoms with Gasteiger partial charge in [-0.1, -0.05) is 37.3 Å². The fraction of sp³-hybridized carbons (Fsp3) is 0.567. The van der Waals surface area contributed by atoms with Crippen molar-refractivity contribution in [2.45, 2.75) is 90.9 Å². The Kier molecular flexibility index (Phi) is 9.62. The zero-order valence-electron chi connectivity index (χ0n) is 22.0. The number of ketones is 1. The van der Waals surface area contributed by atoms with Crippen molar-refractivity contribution in [2.24, 2.45) is 5.92 Å². The Balaban J connectivity index is 1.52. The molecule has 192 valence electrons. The molecule has 0 amide bonds. The summed E-state index contributed by atoms with van der Waals surface area (Å²) in [5.74, 6) is 0.446. The average Bonchev–Trinajstić information content (AvgIpc) is 3.20. The molecule has 0 aliphatic heterocycles. The van der Waals surface area contributed by atoms with Crippen LogP contribution in [-0.2, 0) is 28.8 Å². The number of halogens is 1. The minimum absolute atomic E-state index is 0.0994. The van der Waals surface area contributed by atoms with Crippen LogP contribution in [0.1, 0.15) is 80.9 Å². The van der Waals surface area contributed by atoms with E-state index >= 15 is 0 Å². The van der Waals surface area contributed by atoms with Crippen molar-refractivity contribution in [1.82, 2.24) is 5.32 Å². The van der Waals surface area contributed by atoms with Gasteiger partial charge in [0.2, 0.25) is 0 Å². The maximum absolute atomic E-state index is 14.4. The topological polar surface area (TPSA) is 58.6 Å². The Hall–Kier alpha value is -2.08. The molecular formula is C30H42FNO3. The van der Waals surface area contributed by atoms with E-state index < -0.39 is 6.10 Å². The van der Waals surface area contributed by atoms with Crippen LogP contribution in [0.15, 0.2) is 36.4 Å². The van der Waals surface area contributed by atoms with Crippen molar-refractivity contribution in [3.8, 4) is 0 Å². The number of fused-ring (bicyclic) bond motifs is 1. The van der Waals surface area contributed by atoms with Crippen molar-refractivity contribution >= 4 is 5.78 Å². The Morgan fingerprint density at radius 2 is 1.89 bits per heavy atom. The molecule has 2 atom stereocenters. The number of hydrogen-bond acceptors (Lipinski definition) is 4. The van der Waals surface area contributed by atoms with Crippen LogP contribution >= 0.6 is 0 Å². The van der Waals surface area contributed by atoms with Crippen molar-refractivity contribution < 1.29 is 19.0 Å². The number of hydrogen-bond donors (Lipinski definition) is 2. The summed E-state index contributed by atoms with van der Waals surface area (Å²) in [7, 11) is 0. The number of aliphatic hydroxyl groups excluding tert-OH is 1. The van der Waals surface area contributed by atoms with Crippen LogP contribution in [0, 0.1) is 18.7 Å². The molecule has 0 heterocycles. The van der Waals surface area contributed by atoms with Gasteiger partial charge in [-0.3, -0.25) is 0 Å². The highest BCUT2D eigenvalue weighted by Crippen LogP contribution is 2.32. The zero-order valence-corrected chi connectivity index (χ0v) is 22.0. The van der Waals surface area contributed by atoms with Gasteiger partial charge in [0.25, 0.3) is 0 Å². The smallest absolute Gasteiger partial charge is 0.130 e. The van der Waals surface area contributed by atoms with Gasteiger partial charge in [0.05, 0.1) is 18.8 Å². The van der Waals surface area contributed by atoms with Gasteiger partial charge in [-0.05, 0) is 99.6 Å². The number of aryl methyl sites for hydroxylation is 2. The number of β-amino-alcohol motifs (C(OH)–C–C–N with tert-alkyl or cyclic N) is 1. The number of carbonyl (C=O) groups is 1. The third-order valence-electron chi connectivity index (χ3n) is 7.13. The lowest BCUT2D eigenvalue weighted by atomic mass is 9.88. The first kappa shape index (κ1) is 27.5. The molecule has 2 aromatic rings. The normalized spacial score (nSPS) is 15.7. The Labute approximate surface area is 210 Å². The number of Topliss-reactive ketones (excluding diaryl/α,β-unsaturated/α-hetero) is 1. The lowest BCUT2D eigenvalue weighted by Gasteiger charge is -2.31. The molecule has 35 heavy (non-hydrogen) atoms. The molecule has 0 radical (unpaired) electrons. The van der Waals surface area contributed by atoms with E-state index in [0.29, 0.717) is 37.3 Å². The highest BCUT2D eigenvalue weighted by molar-refractivity contribution is 5.75. The number of rotatable bonds is 13. The number of carbonyl (C=O) groups excluding carboxylic acids is 1. The monoisotopic (exact) mass is 483 g/mol. The molecule has 0 saturated heterocycles. The number of benzene rings is 2. The van der Waals surface area contributed by atoms with Crippen LogP contribution in [-0.4, -0.2) is 35.7 Å². The molecular weight excluding hydrogens is 441 g/mol. The summed E-state index contributed by atoms with van der Waals surface area (Å²) in [6.45, 7) is 10.3. The van der Waals surface area contributed by atoms with Gasteiger partial charge >= 0.3 is 0 Å². The average molecular weight is 484 g/mol. The predicted molar refractivity (Wildman–Crippen MR) is 139 cm³/mol. The van der Waals surface area contributed by atoms with E-state index in [1.165, 1.54) is 17.2 Å². The lowest BCUT2D eigenvalue weighted by molar-refractivity contribution is -0.116. The van der Waals surface area contributed by atoms with Crippen LogP contribution < -0.4 is 5.32 Å². The Morgan fingerprint density at radius 1 is 1.23 bits per heavy atom. The molecule has 0 fully saturated rings. The SMILES string of the molecule is CCC(OCC(O)CNC(C)(C)CC1Cc2ccccc2C1)c1cc(F)c(C)cc1CCC(C)=O. The quantitative estimate of drug-likeness (QED) is 0.386. The highest BCUT2D eigenvalue weighted by atomic mass is 19.1.